The first-order valence-electron chi connectivity index (χ1n) is 8.59. The monoisotopic (exact) mass is 344 g/mol. The van der Waals surface area contributed by atoms with E-state index in [1.807, 2.05) is 0 Å². The van der Waals surface area contributed by atoms with Crippen LogP contribution in [0.15, 0.2) is 0 Å². The van der Waals surface area contributed by atoms with Crippen molar-refractivity contribution in [2.45, 2.75) is 49.6 Å². The van der Waals surface area contributed by atoms with E-state index in [-0.39, 0.29) is 0 Å². The first-order valence-corrected chi connectivity index (χ1v) is 8.59. The summed E-state index contributed by atoms with van der Waals surface area (Å²) in [6.45, 7) is 6.20. The molecule has 4 N–H and O–H groups in total. The van der Waals surface area contributed by atoms with E-state index in [1.165, 1.54) is 51.6 Å². The van der Waals surface area contributed by atoms with Crippen molar-refractivity contribution in [2.75, 3.05) is 39.5 Å². The van der Waals surface area contributed by atoms with Crippen molar-refractivity contribution in [2.24, 2.45) is 0 Å². The van der Waals surface area contributed by atoms with Crippen molar-refractivity contribution in [3.8, 4) is 0 Å². The minimum absolute atomic E-state index is 0.429. The van der Waals surface area contributed by atoms with Crippen molar-refractivity contribution in [3.63, 3.8) is 0 Å². The van der Waals surface area contributed by atoms with Crippen LogP contribution >= 0.6 is 0 Å². The van der Waals surface area contributed by atoms with E-state index in [0.29, 0.717) is 11.1 Å². The van der Waals surface area contributed by atoms with Crippen LogP contribution < -0.4 is 10.6 Å². The Bertz CT molecular complexity index is 378. The zero-order valence-electron chi connectivity index (χ0n) is 14.0. The largest absolute Gasteiger partial charge is 0.473 e. The molecule has 4 aliphatic heterocycles. The Labute approximate surface area is 141 Å². The lowest BCUT2D eigenvalue weighted by atomic mass is 9.87. The van der Waals surface area contributed by atoms with Gasteiger partial charge in [-0.15, -0.1) is 0 Å². The van der Waals surface area contributed by atoms with Crippen molar-refractivity contribution in [1.29, 1.82) is 0 Å². The highest BCUT2D eigenvalue weighted by atomic mass is 16.5. The quantitative estimate of drug-likeness (QED) is 0.461. The third-order valence-electron chi connectivity index (χ3n) is 4.86. The summed E-state index contributed by atoms with van der Waals surface area (Å²) in [4.78, 5) is 18.2. The van der Waals surface area contributed by atoms with Crippen LogP contribution in [0.3, 0.4) is 0 Å². The smallest absolute Gasteiger partial charge is 0.414 e. The highest BCUT2D eigenvalue weighted by Crippen LogP contribution is 2.27. The zero-order chi connectivity index (χ0) is 17.5. The summed E-state index contributed by atoms with van der Waals surface area (Å²) in [6.07, 6.45) is 8.12. The predicted molar refractivity (Wildman–Crippen MR) is 86.1 cm³/mol. The Morgan fingerprint density at radius 1 is 0.708 bits per heavy atom. The number of carboxylic acids is 2. The van der Waals surface area contributed by atoms with Crippen LogP contribution in [0.4, 0.5) is 0 Å². The topological polar surface area (TPSA) is 117 Å². The summed E-state index contributed by atoms with van der Waals surface area (Å²) in [5, 5.41) is 21.8. The molecular formula is C16H28N2O6. The fourth-order valence-corrected chi connectivity index (χ4v) is 3.25. The van der Waals surface area contributed by atoms with Crippen molar-refractivity contribution < 1.29 is 29.3 Å². The molecule has 0 bridgehead atoms. The molecular weight excluding hydrogens is 316 g/mol. The number of hydrogen-bond acceptors (Lipinski definition) is 6. The summed E-state index contributed by atoms with van der Waals surface area (Å²) in [5.74, 6) is -3.65. The second kappa shape index (κ2) is 8.75. The second-order valence-corrected chi connectivity index (χ2v) is 6.92. The molecule has 0 aromatic rings. The highest BCUT2D eigenvalue weighted by molar-refractivity contribution is 6.27. The van der Waals surface area contributed by atoms with Crippen LogP contribution in [-0.2, 0) is 19.1 Å². The predicted octanol–water partition coefficient (Wildman–Crippen LogP) is 0.213. The molecule has 0 saturated carbocycles. The van der Waals surface area contributed by atoms with Gasteiger partial charge in [-0.2, -0.15) is 0 Å². The van der Waals surface area contributed by atoms with Gasteiger partial charge in [0.25, 0.3) is 0 Å². The maximum absolute atomic E-state index is 9.10. The number of piperidine rings is 2. The van der Waals surface area contributed by atoms with Gasteiger partial charge in [0, 0.05) is 0 Å². The fraction of sp³-hybridized carbons (Fsp3) is 0.875. The number of rotatable bonds is 0. The Kier molecular flexibility index (Phi) is 6.97. The van der Waals surface area contributed by atoms with Crippen molar-refractivity contribution in [3.05, 3.63) is 0 Å². The summed E-state index contributed by atoms with van der Waals surface area (Å²) in [7, 11) is 0. The number of nitrogens with one attached hydrogen (secondary N) is 2. The lowest BCUT2D eigenvalue weighted by Gasteiger charge is -2.45. The van der Waals surface area contributed by atoms with Crippen LogP contribution in [-0.4, -0.2) is 72.7 Å². The number of aliphatic carboxylic acids is 2. The molecule has 24 heavy (non-hydrogen) atoms. The van der Waals surface area contributed by atoms with Gasteiger partial charge in [0.05, 0.1) is 37.5 Å². The zero-order valence-corrected chi connectivity index (χ0v) is 14.0. The summed E-state index contributed by atoms with van der Waals surface area (Å²) >= 11 is 0. The van der Waals surface area contributed by atoms with E-state index < -0.39 is 11.9 Å². The molecule has 0 amide bonds. The molecule has 4 rings (SSSR count). The lowest BCUT2D eigenvalue weighted by Crippen LogP contribution is -2.62. The van der Waals surface area contributed by atoms with E-state index in [2.05, 4.69) is 10.6 Å². The summed E-state index contributed by atoms with van der Waals surface area (Å²) < 4.78 is 10.3. The van der Waals surface area contributed by atoms with Gasteiger partial charge in [0.2, 0.25) is 0 Å². The molecule has 4 aliphatic rings. The molecule has 4 saturated heterocycles. The van der Waals surface area contributed by atoms with Crippen LogP contribution in [0, 0.1) is 0 Å². The Morgan fingerprint density at radius 2 is 1.08 bits per heavy atom. The minimum atomic E-state index is -1.82. The van der Waals surface area contributed by atoms with Crippen LogP contribution in [0.2, 0.25) is 0 Å². The van der Waals surface area contributed by atoms with Crippen molar-refractivity contribution >= 4 is 11.9 Å². The first-order chi connectivity index (χ1) is 11.5. The normalized spacial score (nSPS) is 25.8. The van der Waals surface area contributed by atoms with Gasteiger partial charge in [0.15, 0.2) is 0 Å². The molecule has 0 unspecified atom stereocenters. The van der Waals surface area contributed by atoms with Gasteiger partial charge < -0.3 is 30.3 Å². The molecule has 0 atom stereocenters. The Hall–Kier alpha value is -1.22. The van der Waals surface area contributed by atoms with Crippen LogP contribution in [0.25, 0.3) is 0 Å². The Morgan fingerprint density at radius 3 is 1.21 bits per heavy atom. The molecule has 0 radical (unpaired) electrons. The standard InChI is InChI=1S/2C7H13NO.C2H2O4/c2*1-2-4-8-7(3-1)5-9-6-7;3-1(4)2(5)6/h2*8H,1-6H2;(H,3,4)(H,5,6). The third kappa shape index (κ3) is 5.41. The molecule has 8 heteroatoms. The number of carboxylic acid groups (broad SMARTS) is 2. The van der Waals surface area contributed by atoms with E-state index in [0.717, 1.165) is 26.4 Å². The van der Waals surface area contributed by atoms with Gasteiger partial charge >= 0.3 is 11.9 Å². The van der Waals surface area contributed by atoms with E-state index in [1.54, 1.807) is 0 Å². The van der Waals surface area contributed by atoms with Gasteiger partial charge in [-0.05, 0) is 38.8 Å². The number of hydrogen-bond donors (Lipinski definition) is 4. The molecule has 8 nitrogen and oxygen atoms in total. The van der Waals surface area contributed by atoms with Crippen LogP contribution in [0.5, 0.6) is 0 Å². The second-order valence-electron chi connectivity index (χ2n) is 6.92. The van der Waals surface area contributed by atoms with Gasteiger partial charge in [0.1, 0.15) is 0 Å². The molecule has 0 aromatic carbocycles. The highest BCUT2D eigenvalue weighted by Gasteiger charge is 2.39. The third-order valence-corrected chi connectivity index (χ3v) is 4.86. The van der Waals surface area contributed by atoms with Crippen molar-refractivity contribution in [1.82, 2.24) is 10.6 Å². The van der Waals surface area contributed by atoms with Gasteiger partial charge in [-0.1, -0.05) is 12.8 Å². The summed E-state index contributed by atoms with van der Waals surface area (Å²) in [5.41, 5.74) is 0.858. The number of ether oxygens (including phenoxy) is 2. The fourth-order valence-electron chi connectivity index (χ4n) is 3.25. The molecule has 138 valence electrons. The van der Waals surface area contributed by atoms with E-state index in [4.69, 9.17) is 29.3 Å². The lowest BCUT2D eigenvalue weighted by molar-refractivity contribution is -0.159. The maximum atomic E-state index is 9.10. The van der Waals surface area contributed by atoms with E-state index >= 15 is 0 Å². The van der Waals surface area contributed by atoms with E-state index in [9.17, 15) is 0 Å². The average Bonchev–Trinajstić information content (AvgIpc) is 2.55. The first kappa shape index (κ1) is 19.1. The number of carbonyl (C=O) groups is 2. The molecule has 0 aromatic heterocycles. The molecule has 4 fully saturated rings. The SMILES string of the molecule is C1CCC2(COC2)NC1.C1CCC2(COC2)NC1.O=C(O)C(=O)O. The van der Waals surface area contributed by atoms with Crippen LogP contribution in [0.1, 0.15) is 38.5 Å². The maximum Gasteiger partial charge on any atom is 0.414 e. The summed E-state index contributed by atoms with van der Waals surface area (Å²) in [6, 6.07) is 0. The van der Waals surface area contributed by atoms with Gasteiger partial charge in [-0.3, -0.25) is 0 Å². The molecule has 2 spiro atoms. The minimum Gasteiger partial charge on any atom is -0.473 e. The average molecular weight is 344 g/mol. The molecule has 0 aliphatic carbocycles. The Balaban J connectivity index is 0.000000134. The molecule has 4 heterocycles. The van der Waals surface area contributed by atoms with Gasteiger partial charge in [-0.25, -0.2) is 9.59 Å².